The molecular formula is C22H16O3. The maximum atomic E-state index is 11.9. The molecule has 0 saturated carbocycles. The van der Waals surface area contributed by atoms with Crippen LogP contribution in [-0.2, 0) is 0 Å². The number of carboxylic acid groups (broad SMARTS) is 1. The van der Waals surface area contributed by atoms with Gasteiger partial charge in [0, 0.05) is 11.1 Å². The summed E-state index contributed by atoms with van der Waals surface area (Å²) in [6.45, 7) is 0. The van der Waals surface area contributed by atoms with E-state index in [0.717, 1.165) is 27.1 Å². The van der Waals surface area contributed by atoms with Crippen molar-refractivity contribution < 1.29 is 14.6 Å². The Kier molecular flexibility index (Phi) is 3.62. The molecule has 0 saturated heterocycles. The van der Waals surface area contributed by atoms with Crippen molar-refractivity contribution in [2.75, 3.05) is 7.11 Å². The van der Waals surface area contributed by atoms with E-state index in [1.165, 1.54) is 0 Å². The first-order valence-corrected chi connectivity index (χ1v) is 8.02. The minimum Gasteiger partial charge on any atom is -0.496 e. The molecule has 0 spiro atoms. The summed E-state index contributed by atoms with van der Waals surface area (Å²) < 4.78 is 5.60. The number of benzene rings is 4. The zero-order valence-electron chi connectivity index (χ0n) is 13.7. The van der Waals surface area contributed by atoms with Crippen LogP contribution in [-0.4, -0.2) is 18.2 Å². The summed E-state index contributed by atoms with van der Waals surface area (Å²) >= 11 is 0. The first-order valence-electron chi connectivity index (χ1n) is 8.02. The zero-order chi connectivity index (χ0) is 17.4. The highest BCUT2D eigenvalue weighted by Gasteiger charge is 2.20. The molecule has 0 amide bonds. The van der Waals surface area contributed by atoms with E-state index in [-0.39, 0.29) is 5.56 Å². The molecule has 0 atom stereocenters. The van der Waals surface area contributed by atoms with E-state index in [2.05, 4.69) is 0 Å². The van der Waals surface area contributed by atoms with Crippen molar-refractivity contribution in [3.63, 3.8) is 0 Å². The SMILES string of the molecule is COc1ccc2ccccc2c1-c1c(C(=O)O)ccc2ccccc12. The fraction of sp³-hybridized carbons (Fsp3) is 0.0455. The van der Waals surface area contributed by atoms with Crippen LogP contribution in [0.15, 0.2) is 72.8 Å². The number of carboxylic acids is 1. The third kappa shape index (κ3) is 2.41. The Bertz CT molecular complexity index is 1110. The van der Waals surface area contributed by atoms with Gasteiger partial charge in [-0.1, -0.05) is 60.7 Å². The Hall–Kier alpha value is -3.33. The van der Waals surface area contributed by atoms with Gasteiger partial charge in [-0.05, 0) is 33.7 Å². The van der Waals surface area contributed by atoms with Gasteiger partial charge in [0.2, 0.25) is 0 Å². The summed E-state index contributed by atoms with van der Waals surface area (Å²) in [6, 6.07) is 23.2. The highest BCUT2D eigenvalue weighted by atomic mass is 16.5. The van der Waals surface area contributed by atoms with Crippen LogP contribution >= 0.6 is 0 Å². The molecule has 3 heteroatoms. The maximum Gasteiger partial charge on any atom is 0.336 e. The lowest BCUT2D eigenvalue weighted by atomic mass is 9.89. The molecule has 4 aromatic carbocycles. The second-order valence-electron chi connectivity index (χ2n) is 5.88. The van der Waals surface area contributed by atoms with Gasteiger partial charge in [-0.2, -0.15) is 0 Å². The molecule has 1 N–H and O–H groups in total. The van der Waals surface area contributed by atoms with Crippen LogP contribution in [0.5, 0.6) is 5.75 Å². The summed E-state index contributed by atoms with van der Waals surface area (Å²) in [5, 5.41) is 13.7. The monoisotopic (exact) mass is 328 g/mol. The molecule has 25 heavy (non-hydrogen) atoms. The van der Waals surface area contributed by atoms with E-state index in [4.69, 9.17) is 4.74 Å². The lowest BCUT2D eigenvalue weighted by molar-refractivity contribution is 0.0698. The third-order valence-electron chi connectivity index (χ3n) is 4.52. The highest BCUT2D eigenvalue weighted by molar-refractivity contribution is 6.14. The van der Waals surface area contributed by atoms with E-state index >= 15 is 0 Å². The lowest BCUT2D eigenvalue weighted by Gasteiger charge is -2.16. The number of hydrogen-bond acceptors (Lipinski definition) is 2. The van der Waals surface area contributed by atoms with Crippen molar-refractivity contribution in [2.45, 2.75) is 0 Å². The minimum atomic E-state index is -0.948. The van der Waals surface area contributed by atoms with Gasteiger partial charge in [0.15, 0.2) is 0 Å². The molecule has 4 aromatic rings. The average molecular weight is 328 g/mol. The molecule has 4 rings (SSSR count). The Morgan fingerprint density at radius 1 is 0.760 bits per heavy atom. The van der Waals surface area contributed by atoms with E-state index in [1.54, 1.807) is 13.2 Å². The van der Waals surface area contributed by atoms with Crippen LogP contribution in [0.1, 0.15) is 10.4 Å². The predicted octanol–water partition coefficient (Wildman–Crippen LogP) is 5.37. The summed E-state index contributed by atoms with van der Waals surface area (Å²) in [4.78, 5) is 11.9. The molecule has 0 aliphatic carbocycles. The summed E-state index contributed by atoms with van der Waals surface area (Å²) in [5.41, 5.74) is 1.78. The van der Waals surface area contributed by atoms with Crippen molar-refractivity contribution in [1.82, 2.24) is 0 Å². The van der Waals surface area contributed by atoms with Crippen molar-refractivity contribution in [1.29, 1.82) is 0 Å². The molecule has 0 aliphatic heterocycles. The molecule has 0 fully saturated rings. The number of rotatable bonds is 3. The minimum absolute atomic E-state index is 0.272. The highest BCUT2D eigenvalue weighted by Crippen LogP contribution is 2.42. The number of carbonyl (C=O) groups is 1. The fourth-order valence-corrected chi connectivity index (χ4v) is 3.40. The first-order chi connectivity index (χ1) is 12.2. The van der Waals surface area contributed by atoms with Crippen molar-refractivity contribution in [3.05, 3.63) is 78.4 Å². The first kappa shape index (κ1) is 15.2. The average Bonchev–Trinajstić information content (AvgIpc) is 2.66. The van der Waals surface area contributed by atoms with Gasteiger partial charge >= 0.3 is 5.97 Å². The molecule has 0 heterocycles. The van der Waals surface area contributed by atoms with Crippen molar-refractivity contribution in [3.8, 4) is 16.9 Å². The van der Waals surface area contributed by atoms with E-state index < -0.39 is 5.97 Å². The Morgan fingerprint density at radius 3 is 1.92 bits per heavy atom. The number of fused-ring (bicyclic) bond motifs is 2. The van der Waals surface area contributed by atoms with Gasteiger partial charge in [0.05, 0.1) is 12.7 Å². The van der Waals surface area contributed by atoms with E-state index in [0.29, 0.717) is 11.3 Å². The van der Waals surface area contributed by atoms with Gasteiger partial charge < -0.3 is 9.84 Å². The van der Waals surface area contributed by atoms with Gasteiger partial charge in [0.25, 0.3) is 0 Å². The quantitative estimate of drug-likeness (QED) is 0.550. The van der Waals surface area contributed by atoms with Crippen molar-refractivity contribution >= 4 is 27.5 Å². The number of methoxy groups -OCH3 is 1. The van der Waals surface area contributed by atoms with Crippen LogP contribution < -0.4 is 4.74 Å². The topological polar surface area (TPSA) is 46.5 Å². The smallest absolute Gasteiger partial charge is 0.336 e. The Morgan fingerprint density at radius 2 is 1.32 bits per heavy atom. The van der Waals surface area contributed by atoms with Crippen molar-refractivity contribution in [2.24, 2.45) is 0 Å². The van der Waals surface area contributed by atoms with Gasteiger partial charge in [0.1, 0.15) is 5.75 Å². The molecule has 122 valence electrons. The standard InChI is InChI=1S/C22H16O3/c1-25-19-13-11-15-7-3-5-9-17(15)21(19)20-16-8-4-2-6-14(16)10-12-18(20)22(23)24/h2-13H,1H3,(H,23,24). The Labute approximate surface area is 145 Å². The number of hydrogen-bond donors (Lipinski definition) is 1. The van der Waals surface area contributed by atoms with Crippen LogP contribution in [0.25, 0.3) is 32.7 Å². The summed E-state index contributed by atoms with van der Waals surface area (Å²) in [5.74, 6) is -0.284. The fourth-order valence-electron chi connectivity index (χ4n) is 3.40. The van der Waals surface area contributed by atoms with Gasteiger partial charge in [-0.25, -0.2) is 4.79 Å². The maximum absolute atomic E-state index is 11.9. The lowest BCUT2D eigenvalue weighted by Crippen LogP contribution is -2.02. The Balaban J connectivity index is 2.24. The van der Waals surface area contributed by atoms with Crippen LogP contribution in [0.4, 0.5) is 0 Å². The van der Waals surface area contributed by atoms with Gasteiger partial charge in [-0.15, -0.1) is 0 Å². The predicted molar refractivity (Wildman–Crippen MR) is 100 cm³/mol. The second-order valence-corrected chi connectivity index (χ2v) is 5.88. The normalized spacial score (nSPS) is 10.9. The summed E-state index contributed by atoms with van der Waals surface area (Å²) in [6.07, 6.45) is 0. The van der Waals surface area contributed by atoms with E-state index in [9.17, 15) is 9.90 Å². The van der Waals surface area contributed by atoms with Crippen LogP contribution in [0, 0.1) is 0 Å². The third-order valence-corrected chi connectivity index (χ3v) is 4.52. The molecule has 0 bridgehead atoms. The molecular weight excluding hydrogens is 312 g/mol. The van der Waals surface area contributed by atoms with Gasteiger partial charge in [-0.3, -0.25) is 0 Å². The number of aromatic carboxylic acids is 1. The molecule has 0 radical (unpaired) electrons. The van der Waals surface area contributed by atoms with E-state index in [1.807, 2.05) is 66.7 Å². The molecule has 0 aliphatic rings. The molecule has 3 nitrogen and oxygen atoms in total. The number of ether oxygens (including phenoxy) is 1. The zero-order valence-corrected chi connectivity index (χ0v) is 13.7. The van der Waals surface area contributed by atoms with Crippen LogP contribution in [0.3, 0.4) is 0 Å². The van der Waals surface area contributed by atoms with Crippen LogP contribution in [0.2, 0.25) is 0 Å². The second kappa shape index (κ2) is 5.95. The largest absolute Gasteiger partial charge is 0.496 e. The summed E-state index contributed by atoms with van der Waals surface area (Å²) in [7, 11) is 1.61. The molecule has 0 aromatic heterocycles. The molecule has 0 unspecified atom stereocenters.